The second-order valence-corrected chi connectivity index (χ2v) is 10.3. The lowest BCUT2D eigenvalue weighted by molar-refractivity contribution is -0.274. The van der Waals surface area contributed by atoms with Crippen LogP contribution in [0, 0.1) is 17.8 Å². The average molecular weight is 548 g/mol. The predicted molar refractivity (Wildman–Crippen MR) is 130 cm³/mol. The third-order valence-electron chi connectivity index (χ3n) is 7.12. The van der Waals surface area contributed by atoms with Crippen molar-refractivity contribution in [2.24, 2.45) is 17.8 Å². The molecule has 6 rings (SSSR count). The van der Waals surface area contributed by atoms with E-state index in [9.17, 15) is 18.0 Å². The molecule has 38 heavy (non-hydrogen) atoms. The number of para-hydroxylation sites is 1. The van der Waals surface area contributed by atoms with Gasteiger partial charge in [0.25, 0.3) is 0 Å². The Morgan fingerprint density at radius 3 is 2.74 bits per heavy atom. The second-order valence-electron chi connectivity index (χ2n) is 9.61. The molecule has 2 fully saturated rings. The van der Waals surface area contributed by atoms with Crippen LogP contribution in [0.1, 0.15) is 11.1 Å². The highest BCUT2D eigenvalue weighted by Gasteiger charge is 2.56. The Hall–Kier alpha value is -3.51. The first-order valence-corrected chi connectivity index (χ1v) is 13.1. The van der Waals surface area contributed by atoms with Gasteiger partial charge in [-0.15, -0.1) is 24.5 Å². The van der Waals surface area contributed by atoms with E-state index < -0.39 is 12.5 Å². The van der Waals surface area contributed by atoms with Crippen LogP contribution in [0.5, 0.6) is 23.1 Å². The van der Waals surface area contributed by atoms with Gasteiger partial charge in [-0.05, 0) is 41.5 Å². The van der Waals surface area contributed by atoms with Crippen molar-refractivity contribution in [2.75, 3.05) is 26.4 Å². The number of halogens is 3. The number of aromatic nitrogens is 1. The predicted octanol–water partition coefficient (Wildman–Crippen LogP) is 5.15. The van der Waals surface area contributed by atoms with Crippen molar-refractivity contribution < 1.29 is 36.9 Å². The molecule has 8 nitrogen and oxygen atoms in total. The van der Waals surface area contributed by atoms with Crippen LogP contribution in [0.3, 0.4) is 0 Å². The summed E-state index contributed by atoms with van der Waals surface area (Å²) in [5, 5.41) is 1.62. The Balaban J connectivity index is 1.10. The van der Waals surface area contributed by atoms with Gasteiger partial charge in [0.15, 0.2) is 11.5 Å². The van der Waals surface area contributed by atoms with Gasteiger partial charge in [0.2, 0.25) is 12.7 Å². The zero-order chi connectivity index (χ0) is 26.3. The second kappa shape index (κ2) is 9.99. The SMILES string of the molecule is O=C(Oc1cscn1)N(Cc1cccc(OC(F)(F)F)c1)CC1C2CN(Cc3cccc4c3OCO4)CC21. The van der Waals surface area contributed by atoms with E-state index in [4.69, 9.17) is 14.2 Å². The van der Waals surface area contributed by atoms with E-state index in [1.165, 1.54) is 34.4 Å². The van der Waals surface area contributed by atoms with E-state index in [1.807, 2.05) is 18.2 Å². The van der Waals surface area contributed by atoms with Crippen molar-refractivity contribution >= 4 is 17.4 Å². The molecule has 2 aliphatic heterocycles. The first-order chi connectivity index (χ1) is 18.3. The average Bonchev–Trinajstić information content (AvgIpc) is 3.38. The minimum Gasteiger partial charge on any atom is -0.454 e. The van der Waals surface area contributed by atoms with E-state index in [-0.39, 0.29) is 30.9 Å². The van der Waals surface area contributed by atoms with Crippen LogP contribution >= 0.6 is 11.3 Å². The zero-order valence-corrected chi connectivity index (χ0v) is 20.9. The topological polar surface area (TPSA) is 73.4 Å². The number of carbonyl (C=O) groups excluding carboxylic acids is 1. The number of benzene rings is 2. The minimum atomic E-state index is -4.79. The number of ether oxygens (including phenoxy) is 4. The van der Waals surface area contributed by atoms with Gasteiger partial charge < -0.3 is 23.8 Å². The van der Waals surface area contributed by atoms with Gasteiger partial charge in [-0.1, -0.05) is 24.3 Å². The molecular weight excluding hydrogens is 523 g/mol. The number of rotatable bonds is 8. The van der Waals surface area contributed by atoms with Gasteiger partial charge >= 0.3 is 12.5 Å². The number of amides is 1. The van der Waals surface area contributed by atoms with Crippen molar-refractivity contribution in [1.29, 1.82) is 0 Å². The summed E-state index contributed by atoms with van der Waals surface area (Å²) in [4.78, 5) is 21.0. The van der Waals surface area contributed by atoms with Crippen LogP contribution < -0.4 is 18.9 Å². The fourth-order valence-electron chi connectivity index (χ4n) is 5.42. The van der Waals surface area contributed by atoms with Crippen molar-refractivity contribution in [3.63, 3.8) is 0 Å². The summed E-state index contributed by atoms with van der Waals surface area (Å²) in [5.41, 5.74) is 3.16. The maximum Gasteiger partial charge on any atom is 0.573 e. The molecule has 12 heteroatoms. The molecule has 200 valence electrons. The normalized spacial score (nSPS) is 21.7. The lowest BCUT2D eigenvalue weighted by Gasteiger charge is -2.25. The summed E-state index contributed by atoms with van der Waals surface area (Å²) >= 11 is 1.30. The van der Waals surface area contributed by atoms with Crippen LogP contribution in [0.4, 0.5) is 18.0 Å². The van der Waals surface area contributed by atoms with E-state index in [1.54, 1.807) is 17.0 Å². The fourth-order valence-corrected chi connectivity index (χ4v) is 5.87. The zero-order valence-electron chi connectivity index (χ0n) is 20.1. The fraction of sp³-hybridized carbons (Fsp3) is 0.385. The summed E-state index contributed by atoms with van der Waals surface area (Å²) in [6.45, 7) is 3.30. The van der Waals surface area contributed by atoms with Gasteiger partial charge in [0, 0.05) is 38.3 Å². The highest BCUT2D eigenvalue weighted by molar-refractivity contribution is 7.07. The Morgan fingerprint density at radius 1 is 1.16 bits per heavy atom. The number of fused-ring (bicyclic) bond motifs is 2. The van der Waals surface area contributed by atoms with E-state index in [0.717, 1.165) is 36.7 Å². The number of hydrogen-bond donors (Lipinski definition) is 0. The molecule has 1 aromatic heterocycles. The smallest absolute Gasteiger partial charge is 0.454 e. The molecule has 0 radical (unpaired) electrons. The Labute approximate surface area is 220 Å². The third kappa shape index (κ3) is 5.51. The summed E-state index contributed by atoms with van der Waals surface area (Å²) < 4.78 is 58.7. The van der Waals surface area contributed by atoms with Gasteiger partial charge in [-0.2, -0.15) is 0 Å². The minimum absolute atomic E-state index is 0.0885. The molecule has 2 atom stereocenters. The third-order valence-corrected chi connectivity index (χ3v) is 7.68. The summed E-state index contributed by atoms with van der Waals surface area (Å²) in [5.74, 6) is 2.58. The van der Waals surface area contributed by atoms with Gasteiger partial charge in [0.05, 0.1) is 10.9 Å². The number of likely N-dealkylation sites (tertiary alicyclic amines) is 1. The number of carbonyl (C=O) groups is 1. The van der Waals surface area contributed by atoms with E-state index in [0.29, 0.717) is 23.9 Å². The maximum absolute atomic E-state index is 13.0. The van der Waals surface area contributed by atoms with Crippen molar-refractivity contribution in [3.05, 3.63) is 64.5 Å². The van der Waals surface area contributed by atoms with E-state index in [2.05, 4.69) is 14.6 Å². The number of hydrogen-bond acceptors (Lipinski definition) is 8. The molecule has 3 aromatic rings. The Morgan fingerprint density at radius 2 is 1.97 bits per heavy atom. The standard InChI is InChI=1S/C26H24F3N3O5S/c27-26(28,29)37-18-5-1-3-16(7-18)8-32(25(33)36-23-13-38-14-30-23)12-21-19-10-31(11-20(19)21)9-17-4-2-6-22-24(17)35-15-34-22/h1-7,13-14,19-21H,8-12,15H2. The first kappa shape index (κ1) is 24.8. The maximum atomic E-state index is 13.0. The Bertz CT molecular complexity index is 1290. The van der Waals surface area contributed by atoms with Crippen LogP contribution in [-0.4, -0.2) is 53.7 Å². The van der Waals surface area contributed by atoms with Gasteiger partial charge in [-0.3, -0.25) is 4.90 Å². The lowest BCUT2D eigenvalue weighted by atomic mass is 10.1. The van der Waals surface area contributed by atoms with Crippen LogP contribution in [0.15, 0.2) is 53.4 Å². The molecule has 2 aromatic carbocycles. The van der Waals surface area contributed by atoms with Crippen molar-refractivity contribution in [3.8, 4) is 23.1 Å². The van der Waals surface area contributed by atoms with Crippen molar-refractivity contribution in [1.82, 2.24) is 14.8 Å². The summed E-state index contributed by atoms with van der Waals surface area (Å²) in [6.07, 6.45) is -5.38. The lowest BCUT2D eigenvalue weighted by Crippen LogP contribution is -2.36. The van der Waals surface area contributed by atoms with Crippen LogP contribution in [0.2, 0.25) is 0 Å². The molecule has 1 saturated heterocycles. The molecule has 1 saturated carbocycles. The highest BCUT2D eigenvalue weighted by Crippen LogP contribution is 2.52. The molecule has 1 amide bonds. The number of nitrogens with zero attached hydrogens (tertiary/aromatic N) is 3. The summed E-state index contributed by atoms with van der Waals surface area (Å²) in [7, 11) is 0. The molecular formula is C26H24F3N3O5S. The molecule has 2 unspecified atom stereocenters. The largest absolute Gasteiger partial charge is 0.573 e. The molecule has 0 spiro atoms. The highest BCUT2D eigenvalue weighted by atomic mass is 32.1. The molecule has 0 N–H and O–H groups in total. The molecule has 3 heterocycles. The van der Waals surface area contributed by atoms with Crippen molar-refractivity contribution in [2.45, 2.75) is 19.5 Å². The van der Waals surface area contributed by atoms with Crippen LogP contribution in [-0.2, 0) is 13.1 Å². The Kier molecular flexibility index (Phi) is 6.52. The summed E-state index contributed by atoms with van der Waals surface area (Å²) in [6, 6.07) is 11.5. The van der Waals surface area contributed by atoms with Crippen LogP contribution in [0.25, 0.3) is 0 Å². The molecule has 1 aliphatic carbocycles. The molecule has 3 aliphatic rings. The number of piperidine rings is 1. The monoisotopic (exact) mass is 547 g/mol. The van der Waals surface area contributed by atoms with Gasteiger partial charge in [-0.25, -0.2) is 9.78 Å². The van der Waals surface area contributed by atoms with E-state index >= 15 is 0 Å². The quantitative estimate of drug-likeness (QED) is 0.386. The first-order valence-electron chi connectivity index (χ1n) is 12.1. The number of alkyl halides is 3. The van der Waals surface area contributed by atoms with Gasteiger partial charge in [0.1, 0.15) is 5.75 Å². The molecule has 0 bridgehead atoms. The number of thiazole rings is 1.